The van der Waals surface area contributed by atoms with Gasteiger partial charge in [-0.2, -0.15) is 0 Å². The fraction of sp³-hybridized carbons (Fsp3) is 0.350. The van der Waals surface area contributed by atoms with Crippen molar-refractivity contribution in [3.63, 3.8) is 0 Å². The Balaban J connectivity index is 1.71. The van der Waals surface area contributed by atoms with Crippen molar-refractivity contribution < 1.29 is 4.79 Å². The Morgan fingerprint density at radius 2 is 1.61 bits per heavy atom. The van der Waals surface area contributed by atoms with E-state index in [1.165, 1.54) is 5.56 Å². The molecule has 23 heavy (non-hydrogen) atoms. The molecule has 2 N–H and O–H groups in total. The van der Waals surface area contributed by atoms with E-state index in [4.69, 9.17) is 0 Å². The third-order valence-electron chi connectivity index (χ3n) is 3.76. The van der Waals surface area contributed by atoms with Crippen LogP contribution in [0.4, 0.5) is 5.69 Å². The van der Waals surface area contributed by atoms with E-state index in [1.54, 1.807) is 0 Å². The number of anilines is 1. The largest absolute Gasteiger partial charge is 0.385 e. The van der Waals surface area contributed by atoms with Gasteiger partial charge < -0.3 is 10.6 Å². The van der Waals surface area contributed by atoms with Crippen molar-refractivity contribution in [2.24, 2.45) is 0 Å². The molecule has 0 heterocycles. The first-order valence-electron chi connectivity index (χ1n) is 8.10. The number of carbonyl (C=O) groups is 1. The lowest BCUT2D eigenvalue weighted by Crippen LogP contribution is -2.24. The molecule has 0 spiro atoms. The fourth-order valence-electron chi connectivity index (χ4n) is 2.29. The van der Waals surface area contributed by atoms with Gasteiger partial charge in [0, 0.05) is 25.2 Å². The van der Waals surface area contributed by atoms with Gasteiger partial charge in [0.15, 0.2) is 0 Å². The first-order chi connectivity index (χ1) is 10.9. The van der Waals surface area contributed by atoms with Crippen LogP contribution in [0.25, 0.3) is 0 Å². The molecule has 0 saturated carbocycles. The third kappa shape index (κ3) is 5.78. The SMILES string of the molecule is CC(C)(C)c1ccc(NCCC(=O)NCc2ccccc2)cc1. The summed E-state index contributed by atoms with van der Waals surface area (Å²) < 4.78 is 0. The van der Waals surface area contributed by atoms with Crippen molar-refractivity contribution in [3.05, 3.63) is 65.7 Å². The predicted molar refractivity (Wildman–Crippen MR) is 96.5 cm³/mol. The first-order valence-corrected chi connectivity index (χ1v) is 8.10. The summed E-state index contributed by atoms with van der Waals surface area (Å²) >= 11 is 0. The van der Waals surface area contributed by atoms with Gasteiger partial charge in [0.05, 0.1) is 0 Å². The Hall–Kier alpha value is -2.29. The van der Waals surface area contributed by atoms with Gasteiger partial charge >= 0.3 is 0 Å². The number of amides is 1. The maximum Gasteiger partial charge on any atom is 0.222 e. The molecule has 3 heteroatoms. The highest BCUT2D eigenvalue weighted by atomic mass is 16.1. The molecule has 0 aliphatic rings. The molecule has 0 bridgehead atoms. The molecule has 0 radical (unpaired) electrons. The molecular formula is C20H26N2O. The second-order valence-corrected chi connectivity index (χ2v) is 6.77. The molecule has 0 aliphatic heterocycles. The van der Waals surface area contributed by atoms with Gasteiger partial charge in [0.25, 0.3) is 0 Å². The summed E-state index contributed by atoms with van der Waals surface area (Å²) in [6.45, 7) is 7.82. The van der Waals surface area contributed by atoms with Crippen LogP contribution in [0, 0.1) is 0 Å². The fourth-order valence-corrected chi connectivity index (χ4v) is 2.29. The van der Waals surface area contributed by atoms with E-state index in [1.807, 2.05) is 30.3 Å². The lowest BCUT2D eigenvalue weighted by atomic mass is 9.87. The maximum atomic E-state index is 11.8. The van der Waals surface area contributed by atoms with Crippen LogP contribution in [0.3, 0.4) is 0 Å². The molecule has 0 unspecified atom stereocenters. The van der Waals surface area contributed by atoms with E-state index in [9.17, 15) is 4.79 Å². The molecule has 3 nitrogen and oxygen atoms in total. The van der Waals surface area contributed by atoms with Crippen molar-refractivity contribution in [2.75, 3.05) is 11.9 Å². The minimum absolute atomic E-state index is 0.0627. The molecule has 0 fully saturated rings. The maximum absolute atomic E-state index is 11.8. The van der Waals surface area contributed by atoms with Crippen molar-refractivity contribution in [3.8, 4) is 0 Å². The monoisotopic (exact) mass is 310 g/mol. The number of nitrogens with one attached hydrogen (secondary N) is 2. The summed E-state index contributed by atoms with van der Waals surface area (Å²) in [7, 11) is 0. The Morgan fingerprint density at radius 1 is 0.957 bits per heavy atom. The van der Waals surface area contributed by atoms with Gasteiger partial charge in [0.2, 0.25) is 5.91 Å². The smallest absolute Gasteiger partial charge is 0.222 e. The quantitative estimate of drug-likeness (QED) is 0.843. The molecule has 0 aliphatic carbocycles. The number of hydrogen-bond acceptors (Lipinski definition) is 2. The zero-order valence-electron chi connectivity index (χ0n) is 14.2. The normalized spacial score (nSPS) is 11.1. The van der Waals surface area contributed by atoms with E-state index in [0.717, 1.165) is 11.3 Å². The van der Waals surface area contributed by atoms with E-state index in [-0.39, 0.29) is 11.3 Å². The molecule has 0 aromatic heterocycles. The average Bonchev–Trinajstić information content (AvgIpc) is 2.53. The van der Waals surface area contributed by atoms with Crippen molar-refractivity contribution in [1.29, 1.82) is 0 Å². The lowest BCUT2D eigenvalue weighted by Gasteiger charge is -2.19. The first kappa shape index (κ1) is 17.1. The minimum atomic E-state index is 0.0627. The highest BCUT2D eigenvalue weighted by Crippen LogP contribution is 2.23. The molecule has 0 saturated heterocycles. The Morgan fingerprint density at radius 3 is 2.22 bits per heavy atom. The van der Waals surface area contributed by atoms with E-state index < -0.39 is 0 Å². The van der Waals surface area contributed by atoms with E-state index in [0.29, 0.717) is 19.5 Å². The van der Waals surface area contributed by atoms with Gasteiger partial charge in [-0.15, -0.1) is 0 Å². The Labute approximate surface area is 139 Å². The number of carbonyl (C=O) groups excluding carboxylic acids is 1. The second-order valence-electron chi connectivity index (χ2n) is 6.77. The van der Waals surface area contributed by atoms with Crippen LogP contribution in [0.5, 0.6) is 0 Å². The summed E-state index contributed by atoms with van der Waals surface area (Å²) in [6, 6.07) is 18.4. The molecular weight excluding hydrogens is 284 g/mol. The molecule has 122 valence electrons. The van der Waals surface area contributed by atoms with Crippen LogP contribution in [-0.2, 0) is 16.8 Å². The molecule has 2 aromatic carbocycles. The Kier molecular flexibility index (Phi) is 5.80. The summed E-state index contributed by atoms with van der Waals surface area (Å²) in [6.07, 6.45) is 0.466. The van der Waals surface area contributed by atoms with Crippen LogP contribution >= 0.6 is 0 Å². The standard InChI is InChI=1S/C20H26N2O/c1-20(2,3)17-9-11-18(12-10-17)21-14-13-19(23)22-15-16-7-5-4-6-8-16/h4-12,21H,13-15H2,1-3H3,(H,22,23). The lowest BCUT2D eigenvalue weighted by molar-refractivity contribution is -0.121. The zero-order valence-corrected chi connectivity index (χ0v) is 14.2. The van der Waals surface area contributed by atoms with Crippen molar-refractivity contribution >= 4 is 11.6 Å². The van der Waals surface area contributed by atoms with Crippen LogP contribution in [0.2, 0.25) is 0 Å². The van der Waals surface area contributed by atoms with Crippen LogP contribution in [0.15, 0.2) is 54.6 Å². The minimum Gasteiger partial charge on any atom is -0.385 e. The van der Waals surface area contributed by atoms with Crippen LogP contribution < -0.4 is 10.6 Å². The third-order valence-corrected chi connectivity index (χ3v) is 3.76. The summed E-state index contributed by atoms with van der Waals surface area (Å²) in [5, 5.41) is 6.23. The van der Waals surface area contributed by atoms with E-state index >= 15 is 0 Å². The molecule has 2 rings (SSSR count). The van der Waals surface area contributed by atoms with E-state index in [2.05, 4.69) is 55.7 Å². The predicted octanol–water partition coefficient (Wildman–Crippen LogP) is 4.10. The average molecular weight is 310 g/mol. The number of benzene rings is 2. The van der Waals surface area contributed by atoms with Crippen LogP contribution in [-0.4, -0.2) is 12.5 Å². The van der Waals surface area contributed by atoms with Gasteiger partial charge in [0.1, 0.15) is 0 Å². The van der Waals surface area contributed by atoms with Gasteiger partial charge in [-0.3, -0.25) is 4.79 Å². The molecule has 1 amide bonds. The van der Waals surface area contributed by atoms with Crippen LogP contribution in [0.1, 0.15) is 38.3 Å². The molecule has 2 aromatic rings. The highest BCUT2D eigenvalue weighted by Gasteiger charge is 2.12. The molecule has 0 atom stereocenters. The number of rotatable bonds is 6. The van der Waals surface area contributed by atoms with Crippen molar-refractivity contribution in [2.45, 2.75) is 39.2 Å². The number of hydrogen-bond donors (Lipinski definition) is 2. The van der Waals surface area contributed by atoms with Gasteiger partial charge in [-0.25, -0.2) is 0 Å². The summed E-state index contributed by atoms with van der Waals surface area (Å²) in [4.78, 5) is 11.8. The van der Waals surface area contributed by atoms with Gasteiger partial charge in [-0.05, 0) is 28.7 Å². The topological polar surface area (TPSA) is 41.1 Å². The Bertz CT molecular complexity index is 612. The van der Waals surface area contributed by atoms with Gasteiger partial charge in [-0.1, -0.05) is 63.2 Å². The second kappa shape index (κ2) is 7.82. The highest BCUT2D eigenvalue weighted by molar-refractivity contribution is 5.76. The summed E-state index contributed by atoms with van der Waals surface area (Å²) in [5.41, 5.74) is 3.64. The van der Waals surface area contributed by atoms with Crippen molar-refractivity contribution in [1.82, 2.24) is 5.32 Å². The zero-order chi connectivity index (χ0) is 16.7. The summed E-state index contributed by atoms with van der Waals surface area (Å²) in [5.74, 6) is 0.0627.